The van der Waals surface area contributed by atoms with Gasteiger partial charge in [-0.2, -0.15) is 0 Å². The van der Waals surface area contributed by atoms with Gasteiger partial charge in [-0.3, -0.25) is 9.36 Å². The number of benzene rings is 2. The fourth-order valence-corrected chi connectivity index (χ4v) is 5.09. The summed E-state index contributed by atoms with van der Waals surface area (Å²) in [7, 11) is 3.70. The van der Waals surface area contributed by atoms with Gasteiger partial charge in [0.2, 0.25) is 0 Å². The Balaban J connectivity index is 1.66. The first-order chi connectivity index (χ1) is 15.6. The molecule has 2 heterocycles. The fourth-order valence-electron chi connectivity index (χ4n) is 5.09. The molecule has 2 atom stereocenters. The number of ether oxygens (including phenoxy) is 1. The molecule has 0 spiro atoms. The minimum Gasteiger partial charge on any atom is -0.497 e. The minimum absolute atomic E-state index is 0.0670. The van der Waals surface area contributed by atoms with Gasteiger partial charge in [-0.25, -0.2) is 4.98 Å². The zero-order chi connectivity index (χ0) is 22.2. The standard InChI is InChI=1S/C26H29N3O3/c1-28-13-5-6-20-18(14-17-9-11-19(32-2)12-10-17)15-21-24(25(20)28)27-16-29(26(21)31)22-7-3-4-8-23(22)30/h5-6,9-12,15-16,22-23,30H,3-4,7-8,13-14H2,1-2H3/t22-,23-/m0/s1. The van der Waals surface area contributed by atoms with Crippen LogP contribution in [-0.2, 0) is 6.42 Å². The second-order valence-electron chi connectivity index (χ2n) is 8.88. The molecule has 0 bridgehead atoms. The zero-order valence-corrected chi connectivity index (χ0v) is 18.6. The van der Waals surface area contributed by atoms with Crippen LogP contribution in [0.5, 0.6) is 5.75 Å². The summed E-state index contributed by atoms with van der Waals surface area (Å²) < 4.78 is 6.95. The van der Waals surface area contributed by atoms with Crippen molar-refractivity contribution in [1.29, 1.82) is 0 Å². The molecule has 1 aliphatic carbocycles. The number of rotatable bonds is 4. The average Bonchev–Trinajstić information content (AvgIpc) is 2.81. The van der Waals surface area contributed by atoms with Gasteiger partial charge < -0.3 is 14.7 Å². The number of nitrogens with zero attached hydrogens (tertiary/aromatic N) is 3. The molecule has 0 saturated heterocycles. The molecule has 1 aromatic heterocycles. The average molecular weight is 432 g/mol. The number of methoxy groups -OCH3 is 1. The van der Waals surface area contributed by atoms with Gasteiger partial charge in [0.15, 0.2) is 0 Å². The summed E-state index contributed by atoms with van der Waals surface area (Å²) in [5, 5.41) is 11.2. The number of anilines is 1. The van der Waals surface area contributed by atoms with Crippen molar-refractivity contribution in [2.75, 3.05) is 25.6 Å². The van der Waals surface area contributed by atoms with Gasteiger partial charge in [0.25, 0.3) is 5.56 Å². The number of aromatic nitrogens is 2. The SMILES string of the molecule is COc1ccc(Cc2cc3c(=O)n([C@H]4CCCC[C@@H]4O)cnc3c3c2C=CCN3C)cc1. The molecule has 166 valence electrons. The normalized spacial score (nSPS) is 20.4. The zero-order valence-electron chi connectivity index (χ0n) is 18.6. The highest BCUT2D eigenvalue weighted by Gasteiger charge is 2.27. The van der Waals surface area contributed by atoms with E-state index in [1.807, 2.05) is 25.2 Å². The van der Waals surface area contributed by atoms with Crippen LogP contribution in [0.15, 0.2) is 47.5 Å². The highest BCUT2D eigenvalue weighted by Crippen LogP contribution is 2.36. The number of aliphatic hydroxyl groups is 1. The van der Waals surface area contributed by atoms with E-state index in [9.17, 15) is 9.90 Å². The van der Waals surface area contributed by atoms with E-state index >= 15 is 0 Å². The van der Waals surface area contributed by atoms with Crippen molar-refractivity contribution < 1.29 is 9.84 Å². The van der Waals surface area contributed by atoms with Gasteiger partial charge in [-0.05, 0) is 48.6 Å². The molecule has 0 amide bonds. The quantitative estimate of drug-likeness (QED) is 0.678. The molecular weight excluding hydrogens is 402 g/mol. The van der Waals surface area contributed by atoms with E-state index in [1.165, 1.54) is 0 Å². The van der Waals surface area contributed by atoms with Crippen molar-refractivity contribution in [1.82, 2.24) is 9.55 Å². The molecule has 6 nitrogen and oxygen atoms in total. The van der Waals surface area contributed by atoms with Gasteiger partial charge in [-0.15, -0.1) is 0 Å². The van der Waals surface area contributed by atoms with Gasteiger partial charge in [0.1, 0.15) is 11.3 Å². The van der Waals surface area contributed by atoms with Gasteiger partial charge in [0, 0.05) is 19.2 Å². The van der Waals surface area contributed by atoms with Crippen molar-refractivity contribution in [3.05, 3.63) is 69.8 Å². The maximum atomic E-state index is 13.6. The molecule has 0 unspecified atom stereocenters. The molecule has 32 heavy (non-hydrogen) atoms. The number of aliphatic hydroxyl groups excluding tert-OH is 1. The molecule has 1 fully saturated rings. The smallest absolute Gasteiger partial charge is 0.261 e. The molecule has 2 aliphatic rings. The molecule has 6 heteroatoms. The maximum Gasteiger partial charge on any atom is 0.261 e. The summed E-state index contributed by atoms with van der Waals surface area (Å²) in [6.45, 7) is 0.778. The van der Waals surface area contributed by atoms with Crippen molar-refractivity contribution in [3.63, 3.8) is 0 Å². The Labute approximate surface area is 187 Å². The van der Waals surface area contributed by atoms with Crippen LogP contribution < -0.4 is 15.2 Å². The van der Waals surface area contributed by atoms with E-state index in [2.05, 4.69) is 29.2 Å². The Morgan fingerprint density at radius 1 is 1.19 bits per heavy atom. The molecule has 1 saturated carbocycles. The minimum atomic E-state index is -0.497. The lowest BCUT2D eigenvalue weighted by atomic mass is 9.91. The Morgan fingerprint density at radius 2 is 1.97 bits per heavy atom. The predicted octanol–water partition coefficient (Wildman–Crippen LogP) is 3.93. The van der Waals surface area contributed by atoms with E-state index < -0.39 is 6.10 Å². The van der Waals surface area contributed by atoms with Crippen LogP contribution in [0.4, 0.5) is 5.69 Å². The second-order valence-corrected chi connectivity index (χ2v) is 8.88. The van der Waals surface area contributed by atoms with Gasteiger partial charge in [0.05, 0.1) is 36.7 Å². The van der Waals surface area contributed by atoms with Crippen LogP contribution in [0.3, 0.4) is 0 Å². The molecule has 1 N–H and O–H groups in total. The summed E-state index contributed by atoms with van der Waals surface area (Å²) in [6.07, 6.45) is 9.70. The van der Waals surface area contributed by atoms with Crippen LogP contribution in [-0.4, -0.2) is 41.5 Å². The molecular formula is C26H29N3O3. The van der Waals surface area contributed by atoms with Crippen molar-refractivity contribution in [3.8, 4) is 5.75 Å². The molecule has 5 rings (SSSR count). The summed E-state index contributed by atoms with van der Waals surface area (Å²) in [4.78, 5) is 20.5. The first-order valence-electron chi connectivity index (χ1n) is 11.3. The Hall–Kier alpha value is -3.12. The Morgan fingerprint density at radius 3 is 2.72 bits per heavy atom. The summed E-state index contributed by atoms with van der Waals surface area (Å²) in [5.74, 6) is 0.826. The monoisotopic (exact) mass is 431 g/mol. The first kappa shape index (κ1) is 20.8. The van der Waals surface area contributed by atoms with Gasteiger partial charge in [-0.1, -0.05) is 37.1 Å². The van der Waals surface area contributed by atoms with Crippen LogP contribution in [0.1, 0.15) is 48.4 Å². The third-order valence-corrected chi connectivity index (χ3v) is 6.83. The lowest BCUT2D eigenvalue weighted by Gasteiger charge is -2.30. The predicted molar refractivity (Wildman–Crippen MR) is 128 cm³/mol. The molecule has 1 aliphatic heterocycles. The number of fused-ring (bicyclic) bond motifs is 3. The number of hydrogen-bond acceptors (Lipinski definition) is 5. The highest BCUT2D eigenvalue weighted by molar-refractivity contribution is 5.97. The summed E-state index contributed by atoms with van der Waals surface area (Å²) >= 11 is 0. The van der Waals surface area contributed by atoms with E-state index in [1.54, 1.807) is 18.0 Å². The topological polar surface area (TPSA) is 67.6 Å². The van der Waals surface area contributed by atoms with Gasteiger partial charge >= 0.3 is 0 Å². The van der Waals surface area contributed by atoms with Crippen LogP contribution in [0.2, 0.25) is 0 Å². The second kappa shape index (κ2) is 8.43. The van der Waals surface area contributed by atoms with Crippen molar-refractivity contribution >= 4 is 22.7 Å². The van der Waals surface area contributed by atoms with Crippen molar-refractivity contribution in [2.45, 2.75) is 44.2 Å². The van der Waals surface area contributed by atoms with Crippen LogP contribution >= 0.6 is 0 Å². The summed E-state index contributed by atoms with van der Waals surface area (Å²) in [6, 6.07) is 9.85. The number of likely N-dealkylation sites (N-methyl/N-ethyl adjacent to an activating group) is 1. The maximum absolute atomic E-state index is 13.6. The fraction of sp³-hybridized carbons (Fsp3) is 0.385. The highest BCUT2D eigenvalue weighted by atomic mass is 16.5. The van der Waals surface area contributed by atoms with Crippen LogP contribution in [0, 0.1) is 0 Å². The third-order valence-electron chi connectivity index (χ3n) is 6.83. The van der Waals surface area contributed by atoms with E-state index in [0.29, 0.717) is 11.8 Å². The van der Waals surface area contributed by atoms with E-state index in [0.717, 1.165) is 65.9 Å². The molecule has 2 aromatic carbocycles. The Kier molecular flexibility index (Phi) is 5.47. The molecule has 0 radical (unpaired) electrons. The van der Waals surface area contributed by atoms with E-state index in [-0.39, 0.29) is 11.6 Å². The van der Waals surface area contributed by atoms with E-state index in [4.69, 9.17) is 9.72 Å². The lowest BCUT2D eigenvalue weighted by Crippen LogP contribution is -2.35. The first-order valence-corrected chi connectivity index (χ1v) is 11.3. The molecule has 3 aromatic rings. The Bertz CT molecular complexity index is 1230. The van der Waals surface area contributed by atoms with Crippen LogP contribution in [0.25, 0.3) is 17.0 Å². The van der Waals surface area contributed by atoms with Crippen molar-refractivity contribution in [2.24, 2.45) is 0 Å². The largest absolute Gasteiger partial charge is 0.497 e. The summed E-state index contributed by atoms with van der Waals surface area (Å²) in [5.41, 5.74) is 5.04. The number of hydrogen-bond donors (Lipinski definition) is 1. The lowest BCUT2D eigenvalue weighted by molar-refractivity contribution is 0.0735. The third kappa shape index (κ3) is 3.58.